The molecule has 2 heterocycles. The normalized spacial score (nSPS) is 15.2. The Hall–Kier alpha value is -2.61. The minimum Gasteiger partial charge on any atom is -0.450 e. The summed E-state index contributed by atoms with van der Waals surface area (Å²) in [5.74, 6) is 0.790. The van der Waals surface area contributed by atoms with E-state index in [1.54, 1.807) is 16.2 Å². The molecule has 29 heavy (non-hydrogen) atoms. The Bertz CT molecular complexity index is 800. The largest absolute Gasteiger partial charge is 0.450 e. The van der Waals surface area contributed by atoms with Crippen molar-refractivity contribution in [2.24, 2.45) is 4.99 Å². The molecule has 1 aliphatic heterocycles. The molecule has 2 aromatic rings. The van der Waals surface area contributed by atoms with Gasteiger partial charge in [0, 0.05) is 36.6 Å². The van der Waals surface area contributed by atoms with Crippen LogP contribution >= 0.6 is 11.3 Å². The number of amides is 1. The van der Waals surface area contributed by atoms with E-state index in [0.717, 1.165) is 41.6 Å². The molecule has 1 fully saturated rings. The molecule has 0 spiro atoms. The first-order valence-electron chi connectivity index (χ1n) is 10.2. The number of aromatic nitrogens is 1. The van der Waals surface area contributed by atoms with E-state index >= 15 is 0 Å². The fourth-order valence-electron chi connectivity index (χ4n) is 3.21. The number of guanidine groups is 1. The second-order valence-corrected chi connectivity index (χ2v) is 7.73. The van der Waals surface area contributed by atoms with Gasteiger partial charge in [0.05, 0.1) is 18.8 Å². The van der Waals surface area contributed by atoms with Gasteiger partial charge in [-0.25, -0.2) is 14.8 Å². The number of carbonyl (C=O) groups excluding carboxylic acids is 1. The van der Waals surface area contributed by atoms with Crippen LogP contribution in [-0.4, -0.2) is 54.2 Å². The SMILES string of the molecule is CCNC(=NCc1nc(-c2ccccc2)cs1)NC1CCN(C(=O)OCC)CC1. The van der Waals surface area contributed by atoms with Crippen molar-refractivity contribution in [3.05, 3.63) is 40.7 Å². The number of ether oxygens (including phenoxy) is 1. The molecular formula is C21H29N5O2S. The molecular weight excluding hydrogens is 386 g/mol. The summed E-state index contributed by atoms with van der Waals surface area (Å²) >= 11 is 1.63. The van der Waals surface area contributed by atoms with E-state index in [-0.39, 0.29) is 12.1 Å². The van der Waals surface area contributed by atoms with Crippen LogP contribution in [0.1, 0.15) is 31.7 Å². The smallest absolute Gasteiger partial charge is 0.409 e. The average Bonchev–Trinajstić information content (AvgIpc) is 3.23. The highest BCUT2D eigenvalue weighted by Gasteiger charge is 2.24. The number of piperidine rings is 1. The van der Waals surface area contributed by atoms with E-state index in [9.17, 15) is 4.79 Å². The van der Waals surface area contributed by atoms with E-state index in [2.05, 4.69) is 35.1 Å². The van der Waals surface area contributed by atoms with Crippen molar-refractivity contribution < 1.29 is 9.53 Å². The number of hydrogen-bond donors (Lipinski definition) is 2. The third kappa shape index (κ3) is 6.19. The number of carbonyl (C=O) groups is 1. The Labute approximate surface area is 176 Å². The van der Waals surface area contributed by atoms with Crippen LogP contribution in [0, 0.1) is 0 Å². The molecule has 156 valence electrons. The highest BCUT2D eigenvalue weighted by molar-refractivity contribution is 7.09. The maximum atomic E-state index is 11.8. The Morgan fingerprint density at radius 1 is 1.28 bits per heavy atom. The molecule has 1 amide bonds. The Balaban J connectivity index is 1.54. The molecule has 2 N–H and O–H groups in total. The summed E-state index contributed by atoms with van der Waals surface area (Å²) in [4.78, 5) is 23.0. The van der Waals surface area contributed by atoms with E-state index in [1.807, 2.05) is 25.1 Å². The van der Waals surface area contributed by atoms with Gasteiger partial charge >= 0.3 is 6.09 Å². The highest BCUT2D eigenvalue weighted by atomic mass is 32.1. The van der Waals surface area contributed by atoms with Crippen LogP contribution < -0.4 is 10.6 Å². The molecule has 0 radical (unpaired) electrons. The number of nitrogens with one attached hydrogen (secondary N) is 2. The summed E-state index contributed by atoms with van der Waals surface area (Å²) in [7, 11) is 0. The van der Waals surface area contributed by atoms with Gasteiger partial charge in [0.15, 0.2) is 5.96 Å². The molecule has 0 saturated carbocycles. The molecule has 0 bridgehead atoms. The maximum Gasteiger partial charge on any atom is 0.409 e. The standard InChI is InChI=1S/C21H29N5O2S/c1-3-22-20(24-17-10-12-26(13-11-17)21(27)28-4-2)23-14-19-25-18(15-29-19)16-8-6-5-7-9-16/h5-9,15,17H,3-4,10-14H2,1-2H3,(H2,22,23,24). The lowest BCUT2D eigenvalue weighted by molar-refractivity contribution is 0.0963. The summed E-state index contributed by atoms with van der Waals surface area (Å²) in [5.41, 5.74) is 2.11. The number of thiazole rings is 1. The van der Waals surface area contributed by atoms with Crippen LogP contribution in [0.2, 0.25) is 0 Å². The predicted molar refractivity (Wildman–Crippen MR) is 117 cm³/mol. The van der Waals surface area contributed by atoms with Gasteiger partial charge in [-0.3, -0.25) is 0 Å². The van der Waals surface area contributed by atoms with Crippen LogP contribution in [0.5, 0.6) is 0 Å². The predicted octanol–water partition coefficient (Wildman–Crippen LogP) is 3.49. The lowest BCUT2D eigenvalue weighted by atomic mass is 10.1. The van der Waals surface area contributed by atoms with Gasteiger partial charge in [0.1, 0.15) is 5.01 Å². The molecule has 3 rings (SSSR count). The zero-order chi connectivity index (χ0) is 20.5. The van der Waals surface area contributed by atoms with E-state index in [1.165, 1.54) is 0 Å². The number of benzene rings is 1. The Morgan fingerprint density at radius 3 is 2.72 bits per heavy atom. The molecule has 8 heteroatoms. The van der Waals surface area contributed by atoms with Crippen LogP contribution in [0.4, 0.5) is 4.79 Å². The topological polar surface area (TPSA) is 78.9 Å². The number of nitrogens with zero attached hydrogens (tertiary/aromatic N) is 3. The summed E-state index contributed by atoms with van der Waals surface area (Å²) < 4.78 is 5.08. The first kappa shape index (κ1) is 21.1. The fraction of sp³-hybridized carbons (Fsp3) is 0.476. The highest BCUT2D eigenvalue weighted by Crippen LogP contribution is 2.22. The summed E-state index contributed by atoms with van der Waals surface area (Å²) in [6, 6.07) is 10.5. The van der Waals surface area contributed by atoms with Gasteiger partial charge in [0.2, 0.25) is 0 Å². The van der Waals surface area contributed by atoms with E-state index < -0.39 is 0 Å². The zero-order valence-corrected chi connectivity index (χ0v) is 17.9. The van der Waals surface area contributed by atoms with Gasteiger partial charge in [0.25, 0.3) is 0 Å². The van der Waals surface area contributed by atoms with E-state index in [4.69, 9.17) is 14.7 Å². The average molecular weight is 416 g/mol. The van der Waals surface area contributed by atoms with Crippen LogP contribution in [0.15, 0.2) is 40.7 Å². The zero-order valence-electron chi connectivity index (χ0n) is 17.1. The molecule has 0 aliphatic carbocycles. The van der Waals surface area contributed by atoms with Crippen LogP contribution in [0.25, 0.3) is 11.3 Å². The first-order valence-corrected chi connectivity index (χ1v) is 11.0. The van der Waals surface area contributed by atoms with Gasteiger partial charge in [-0.15, -0.1) is 11.3 Å². The molecule has 1 aromatic heterocycles. The van der Waals surface area contributed by atoms with Gasteiger partial charge in [-0.05, 0) is 26.7 Å². The molecule has 0 unspecified atom stereocenters. The lowest BCUT2D eigenvalue weighted by Gasteiger charge is -2.32. The molecule has 1 aliphatic rings. The second-order valence-electron chi connectivity index (χ2n) is 6.79. The van der Waals surface area contributed by atoms with Crippen molar-refractivity contribution in [2.45, 2.75) is 39.3 Å². The fourth-order valence-corrected chi connectivity index (χ4v) is 3.93. The van der Waals surface area contributed by atoms with Gasteiger partial charge < -0.3 is 20.3 Å². The van der Waals surface area contributed by atoms with E-state index in [0.29, 0.717) is 26.2 Å². The quantitative estimate of drug-likeness (QED) is 0.558. The van der Waals surface area contributed by atoms with Gasteiger partial charge in [-0.1, -0.05) is 30.3 Å². The molecule has 1 aromatic carbocycles. The maximum absolute atomic E-state index is 11.8. The van der Waals surface area contributed by atoms with Gasteiger partial charge in [-0.2, -0.15) is 0 Å². The monoisotopic (exact) mass is 415 g/mol. The van der Waals surface area contributed by atoms with Crippen molar-refractivity contribution in [3.8, 4) is 11.3 Å². The van der Waals surface area contributed by atoms with Crippen molar-refractivity contribution in [3.63, 3.8) is 0 Å². The molecule has 1 saturated heterocycles. The van der Waals surface area contributed by atoms with Crippen LogP contribution in [-0.2, 0) is 11.3 Å². The summed E-state index contributed by atoms with van der Waals surface area (Å²) in [6.07, 6.45) is 1.53. The number of likely N-dealkylation sites (tertiary alicyclic amines) is 1. The second kappa shape index (κ2) is 10.8. The van der Waals surface area contributed by atoms with Crippen LogP contribution in [0.3, 0.4) is 0 Å². The third-order valence-electron chi connectivity index (χ3n) is 4.70. The lowest BCUT2D eigenvalue weighted by Crippen LogP contribution is -2.49. The number of hydrogen-bond acceptors (Lipinski definition) is 5. The summed E-state index contributed by atoms with van der Waals surface area (Å²) in [5, 5.41) is 9.86. The Kier molecular flexibility index (Phi) is 7.86. The first-order chi connectivity index (χ1) is 14.2. The summed E-state index contributed by atoms with van der Waals surface area (Å²) in [6.45, 7) is 7.02. The minimum atomic E-state index is -0.218. The number of rotatable bonds is 6. The molecule has 0 atom stereocenters. The molecule has 7 nitrogen and oxygen atoms in total. The number of aliphatic imine (C=N–C) groups is 1. The van der Waals surface area contributed by atoms with Crippen molar-refractivity contribution in [1.82, 2.24) is 20.5 Å². The van der Waals surface area contributed by atoms with Crippen molar-refractivity contribution in [1.29, 1.82) is 0 Å². The minimum absolute atomic E-state index is 0.218. The van der Waals surface area contributed by atoms with Crippen molar-refractivity contribution >= 4 is 23.4 Å². The third-order valence-corrected chi connectivity index (χ3v) is 5.53. The Morgan fingerprint density at radius 2 is 2.03 bits per heavy atom. The van der Waals surface area contributed by atoms with Crippen molar-refractivity contribution in [2.75, 3.05) is 26.2 Å².